The maximum Gasteiger partial charge on any atom is 0.573 e. The first kappa shape index (κ1) is 16.3. The average Bonchev–Trinajstić information content (AvgIpc) is 2.26. The van der Waals surface area contributed by atoms with Crippen molar-refractivity contribution in [3.05, 3.63) is 29.8 Å². The van der Waals surface area contributed by atoms with Crippen LogP contribution in [0.15, 0.2) is 24.3 Å². The molecular weight excluding hydrogens is 275 g/mol. The molecule has 112 valence electrons. The van der Waals surface area contributed by atoms with Gasteiger partial charge in [-0.25, -0.2) is 4.79 Å². The minimum Gasteiger partial charge on any atom is -0.480 e. The maximum absolute atomic E-state index is 12.0. The number of rotatable bonds is 5. The van der Waals surface area contributed by atoms with Crippen molar-refractivity contribution in [3.8, 4) is 5.75 Å². The van der Waals surface area contributed by atoms with Crippen molar-refractivity contribution in [1.82, 2.24) is 5.32 Å². The van der Waals surface area contributed by atoms with Crippen LogP contribution in [0.5, 0.6) is 5.75 Å². The smallest absolute Gasteiger partial charge is 0.480 e. The van der Waals surface area contributed by atoms with Gasteiger partial charge in [0, 0.05) is 6.04 Å². The SMILES string of the molecule is CC(C)NC(C)(C(=O)O)c1ccc(OC(F)(F)F)cc1. The third-order valence-electron chi connectivity index (χ3n) is 2.67. The summed E-state index contributed by atoms with van der Waals surface area (Å²) in [6.45, 7) is 5.01. The lowest BCUT2D eigenvalue weighted by Gasteiger charge is -2.29. The molecule has 1 atom stereocenters. The fraction of sp³-hybridized carbons (Fsp3) is 0.462. The molecule has 0 bridgehead atoms. The Morgan fingerprint density at radius 3 is 2.10 bits per heavy atom. The van der Waals surface area contributed by atoms with Crippen LogP contribution in [0, 0.1) is 0 Å². The first-order valence-electron chi connectivity index (χ1n) is 5.92. The van der Waals surface area contributed by atoms with Gasteiger partial charge in [0.2, 0.25) is 0 Å². The highest BCUT2D eigenvalue weighted by Crippen LogP contribution is 2.27. The van der Waals surface area contributed by atoms with Crippen molar-refractivity contribution in [2.45, 2.75) is 38.7 Å². The Kier molecular flexibility index (Phi) is 4.65. The van der Waals surface area contributed by atoms with Gasteiger partial charge < -0.3 is 9.84 Å². The molecule has 7 heteroatoms. The minimum atomic E-state index is -4.77. The molecule has 1 aromatic carbocycles. The van der Waals surface area contributed by atoms with Gasteiger partial charge in [-0.15, -0.1) is 13.2 Å². The van der Waals surface area contributed by atoms with Crippen molar-refractivity contribution in [2.75, 3.05) is 0 Å². The summed E-state index contributed by atoms with van der Waals surface area (Å²) in [5.74, 6) is -1.51. The van der Waals surface area contributed by atoms with Gasteiger partial charge in [0.05, 0.1) is 0 Å². The monoisotopic (exact) mass is 291 g/mol. The number of carboxylic acid groups (broad SMARTS) is 1. The summed E-state index contributed by atoms with van der Waals surface area (Å²) in [5, 5.41) is 12.2. The molecule has 0 aliphatic rings. The highest BCUT2D eigenvalue weighted by molar-refractivity contribution is 5.80. The quantitative estimate of drug-likeness (QED) is 0.875. The second-order valence-electron chi connectivity index (χ2n) is 4.80. The number of halogens is 3. The molecule has 0 aliphatic heterocycles. The summed E-state index contributed by atoms with van der Waals surface area (Å²) in [7, 11) is 0. The van der Waals surface area contributed by atoms with Crippen LogP contribution in [-0.2, 0) is 10.3 Å². The van der Waals surface area contributed by atoms with Crippen LogP contribution in [-0.4, -0.2) is 23.5 Å². The van der Waals surface area contributed by atoms with Gasteiger partial charge >= 0.3 is 12.3 Å². The largest absolute Gasteiger partial charge is 0.573 e. The fourth-order valence-corrected chi connectivity index (χ4v) is 1.84. The van der Waals surface area contributed by atoms with Gasteiger partial charge in [0.1, 0.15) is 11.3 Å². The molecule has 0 aromatic heterocycles. The molecule has 2 N–H and O–H groups in total. The number of hydrogen-bond acceptors (Lipinski definition) is 3. The van der Waals surface area contributed by atoms with E-state index < -0.39 is 23.6 Å². The van der Waals surface area contributed by atoms with Gasteiger partial charge in [0.25, 0.3) is 0 Å². The van der Waals surface area contributed by atoms with Crippen molar-refractivity contribution >= 4 is 5.97 Å². The summed E-state index contributed by atoms with van der Waals surface area (Å²) >= 11 is 0. The predicted molar refractivity (Wildman–Crippen MR) is 66.4 cm³/mol. The zero-order valence-electron chi connectivity index (χ0n) is 11.3. The Bertz CT molecular complexity index is 471. The second-order valence-corrected chi connectivity index (χ2v) is 4.80. The molecule has 20 heavy (non-hydrogen) atoms. The number of benzene rings is 1. The first-order valence-corrected chi connectivity index (χ1v) is 5.92. The Balaban J connectivity index is 3.03. The predicted octanol–water partition coefficient (Wildman–Crippen LogP) is 2.88. The highest BCUT2D eigenvalue weighted by Gasteiger charge is 2.36. The number of alkyl halides is 3. The minimum absolute atomic E-state index is 0.109. The van der Waals surface area contributed by atoms with Crippen LogP contribution in [0.4, 0.5) is 13.2 Å². The van der Waals surface area contributed by atoms with Crippen LogP contribution in [0.3, 0.4) is 0 Å². The molecule has 1 unspecified atom stereocenters. The summed E-state index contributed by atoms with van der Waals surface area (Å²) in [4.78, 5) is 11.4. The van der Waals surface area contributed by atoms with Crippen molar-refractivity contribution in [3.63, 3.8) is 0 Å². The van der Waals surface area contributed by atoms with E-state index in [2.05, 4.69) is 10.1 Å². The molecule has 0 spiro atoms. The van der Waals surface area contributed by atoms with Crippen LogP contribution in [0.25, 0.3) is 0 Å². The van der Waals surface area contributed by atoms with E-state index in [0.717, 1.165) is 12.1 Å². The molecule has 0 saturated heterocycles. The van der Waals surface area contributed by atoms with Crippen molar-refractivity contribution in [2.24, 2.45) is 0 Å². The van der Waals surface area contributed by atoms with E-state index in [-0.39, 0.29) is 6.04 Å². The fourth-order valence-electron chi connectivity index (χ4n) is 1.84. The second kappa shape index (κ2) is 5.70. The molecule has 0 fully saturated rings. The van der Waals surface area contributed by atoms with E-state index >= 15 is 0 Å². The molecule has 0 heterocycles. The number of carbonyl (C=O) groups is 1. The van der Waals surface area contributed by atoms with E-state index in [1.54, 1.807) is 13.8 Å². The van der Waals surface area contributed by atoms with Crippen LogP contribution in [0.1, 0.15) is 26.3 Å². The lowest BCUT2D eigenvalue weighted by atomic mass is 9.91. The van der Waals surface area contributed by atoms with Crippen molar-refractivity contribution < 1.29 is 27.8 Å². The number of ether oxygens (including phenoxy) is 1. The first-order chi connectivity index (χ1) is 9.04. The lowest BCUT2D eigenvalue weighted by molar-refractivity contribution is -0.274. The molecule has 1 aromatic rings. The molecule has 0 aliphatic carbocycles. The Morgan fingerprint density at radius 1 is 1.25 bits per heavy atom. The highest BCUT2D eigenvalue weighted by atomic mass is 19.4. The van der Waals surface area contributed by atoms with Gasteiger partial charge in [-0.2, -0.15) is 0 Å². The molecule has 1 rings (SSSR count). The average molecular weight is 291 g/mol. The maximum atomic E-state index is 12.0. The Hall–Kier alpha value is -1.76. The van der Waals surface area contributed by atoms with E-state index in [1.165, 1.54) is 19.1 Å². The van der Waals surface area contributed by atoms with Gasteiger partial charge in [-0.05, 0) is 38.5 Å². The summed E-state index contributed by atoms with van der Waals surface area (Å²) in [5.41, 5.74) is -1.04. The Labute approximate surface area is 114 Å². The third-order valence-corrected chi connectivity index (χ3v) is 2.67. The van der Waals surface area contributed by atoms with Crippen LogP contribution < -0.4 is 10.1 Å². The summed E-state index contributed by atoms with van der Waals surface area (Å²) in [6.07, 6.45) is -4.77. The Morgan fingerprint density at radius 2 is 1.75 bits per heavy atom. The van der Waals surface area contributed by atoms with Crippen LogP contribution >= 0.6 is 0 Å². The van der Waals surface area contributed by atoms with E-state index in [1.807, 2.05) is 0 Å². The molecule has 0 saturated carbocycles. The molecule has 0 amide bonds. The van der Waals surface area contributed by atoms with Gasteiger partial charge in [-0.1, -0.05) is 12.1 Å². The number of nitrogens with one attached hydrogen (secondary N) is 1. The normalized spacial score (nSPS) is 14.9. The number of aliphatic carboxylic acids is 1. The van der Waals surface area contributed by atoms with Crippen LogP contribution in [0.2, 0.25) is 0 Å². The summed E-state index contributed by atoms with van der Waals surface area (Å²) in [6, 6.07) is 4.66. The lowest BCUT2D eigenvalue weighted by Crippen LogP contribution is -2.49. The number of hydrogen-bond donors (Lipinski definition) is 2. The van der Waals surface area contributed by atoms with Crippen molar-refractivity contribution in [1.29, 1.82) is 0 Å². The van der Waals surface area contributed by atoms with E-state index in [0.29, 0.717) is 5.56 Å². The van der Waals surface area contributed by atoms with Gasteiger partial charge in [0.15, 0.2) is 0 Å². The van der Waals surface area contributed by atoms with E-state index in [9.17, 15) is 23.1 Å². The third kappa shape index (κ3) is 4.12. The molecular formula is C13H16F3NO3. The standard InChI is InChI=1S/C13H16F3NO3/c1-8(2)17-12(3,11(18)19)9-4-6-10(7-5-9)20-13(14,15)16/h4-8,17H,1-3H3,(H,18,19). The summed E-state index contributed by atoms with van der Waals surface area (Å²) < 4.78 is 39.9. The number of carboxylic acids is 1. The molecule has 0 radical (unpaired) electrons. The topological polar surface area (TPSA) is 58.6 Å². The zero-order valence-corrected chi connectivity index (χ0v) is 11.3. The van der Waals surface area contributed by atoms with E-state index in [4.69, 9.17) is 0 Å². The zero-order chi connectivity index (χ0) is 15.6. The molecule has 4 nitrogen and oxygen atoms in total. The van der Waals surface area contributed by atoms with Gasteiger partial charge in [-0.3, -0.25) is 5.32 Å².